The van der Waals surface area contributed by atoms with Crippen LogP contribution in [0.1, 0.15) is 34.5 Å². The van der Waals surface area contributed by atoms with E-state index in [1.807, 2.05) is 4.90 Å². The number of benzene rings is 2. The van der Waals surface area contributed by atoms with Crippen LogP contribution in [-0.4, -0.2) is 294 Å². The van der Waals surface area contributed by atoms with Crippen molar-refractivity contribution in [3.8, 4) is 28.7 Å². The summed E-state index contributed by atoms with van der Waals surface area (Å²) in [7, 11) is 2.95. The van der Waals surface area contributed by atoms with E-state index in [1.165, 1.54) is 31.2 Å². The number of amides is 3. The van der Waals surface area contributed by atoms with Gasteiger partial charge in [0.05, 0.1) is 174 Å². The van der Waals surface area contributed by atoms with Crippen molar-refractivity contribution in [2.75, 3.05) is 223 Å². The number of pyridine rings is 1. The summed E-state index contributed by atoms with van der Waals surface area (Å²) in [5.74, 6) is -3.80. The van der Waals surface area contributed by atoms with E-state index < -0.39 is 35.7 Å². The number of alkyl halides is 3. The van der Waals surface area contributed by atoms with Crippen LogP contribution in [0, 0.1) is 11.3 Å². The lowest BCUT2D eigenvalue weighted by Crippen LogP contribution is -2.50. The summed E-state index contributed by atoms with van der Waals surface area (Å²) in [5.41, 5.74) is -1.20. The van der Waals surface area contributed by atoms with E-state index >= 15 is 0 Å². The molecule has 4 rings (SSSR count). The van der Waals surface area contributed by atoms with Gasteiger partial charge in [0.25, 0.3) is 5.91 Å². The first-order valence-corrected chi connectivity index (χ1v) is 30.2. The number of carbonyl (C=O) groups is 6. The molecule has 0 unspecified atom stereocenters. The number of hydrogen-bond acceptors (Lipinski definition) is 22. The van der Waals surface area contributed by atoms with Gasteiger partial charge in [0.2, 0.25) is 11.8 Å². The molecule has 1 aliphatic rings. The highest BCUT2D eigenvalue weighted by atomic mass is 35.5. The van der Waals surface area contributed by atoms with Gasteiger partial charge >= 0.3 is 24.1 Å². The van der Waals surface area contributed by atoms with Crippen LogP contribution in [0.4, 0.5) is 18.9 Å². The second kappa shape index (κ2) is 44.6. The summed E-state index contributed by atoms with van der Waals surface area (Å²) in [5, 5.41) is 43.5. The molecular formula is C60H85ClF3N9O19. The van der Waals surface area contributed by atoms with Crippen molar-refractivity contribution in [2.24, 2.45) is 0 Å². The number of nitriles is 1. The molecule has 1 aromatic heterocycles. The summed E-state index contributed by atoms with van der Waals surface area (Å²) < 4.78 is 95.9. The maximum Gasteiger partial charge on any atom is 0.433 e. The molecule has 1 aliphatic heterocycles. The topological polar surface area (TPSA) is 332 Å². The Kier molecular flexibility index (Phi) is 37.6. The minimum absolute atomic E-state index is 0.00720. The predicted octanol–water partition coefficient (Wildman–Crippen LogP) is 2.58. The molecule has 0 saturated carbocycles. The number of carboxylic acids is 3. The number of halogens is 4. The van der Waals surface area contributed by atoms with Crippen molar-refractivity contribution in [1.29, 1.82) is 5.26 Å². The molecule has 3 aromatic rings. The van der Waals surface area contributed by atoms with E-state index in [0.717, 1.165) is 6.20 Å². The minimum atomic E-state index is -4.80. The van der Waals surface area contributed by atoms with Crippen LogP contribution in [0.25, 0.3) is 11.1 Å². The van der Waals surface area contributed by atoms with Crippen LogP contribution < -0.4 is 25.0 Å². The highest BCUT2D eigenvalue weighted by molar-refractivity contribution is 6.34. The third-order valence-corrected chi connectivity index (χ3v) is 13.9. The number of rotatable bonds is 44. The normalized spacial score (nSPS) is 14.0. The molecule has 5 N–H and O–H groups in total. The van der Waals surface area contributed by atoms with Gasteiger partial charge in [-0.05, 0) is 30.7 Å². The number of ether oxygens (including phenoxy) is 10. The standard InChI is InChI=1S/C60H85ClF3N9O19/c1-69(50-6-3-4-7-51(50)83-2)59(82)47-37-46(48-40-68-53(60(62,63)64)36-45(48)39-65)49(61)38-52(47)92-19-5-8-54(74)66-9-20-84-22-24-86-26-28-88-30-32-90-34-35-91-33-31-89-29-27-87-25-23-85-21-10-67-55(75)41-70-11-13-71(42-56(76)77)15-17-73(44-58(80)81)18-16-72(14-12-70)43-57(78)79/h3-4,6-7,36-38,40H,5,8-35,41-44H2,1-2H3,(H,66,74)(H,67,75)(H,76,77)(H,78,79)(H,80,81). The molecule has 32 heteroatoms. The van der Waals surface area contributed by atoms with Crippen LogP contribution in [-0.2, 0) is 68.0 Å². The number of carbonyl (C=O) groups excluding carboxylic acids is 3. The summed E-state index contributed by atoms with van der Waals surface area (Å²) in [6, 6.07) is 11.8. The summed E-state index contributed by atoms with van der Waals surface area (Å²) >= 11 is 6.62. The first-order valence-electron chi connectivity index (χ1n) is 29.8. The van der Waals surface area contributed by atoms with Crippen molar-refractivity contribution in [3.05, 3.63) is 70.5 Å². The molecule has 2 heterocycles. The Morgan fingerprint density at radius 2 is 1.00 bits per heavy atom. The van der Waals surface area contributed by atoms with Gasteiger partial charge in [-0.3, -0.25) is 53.4 Å². The van der Waals surface area contributed by atoms with Crippen molar-refractivity contribution >= 4 is 52.9 Å². The van der Waals surface area contributed by atoms with Gasteiger partial charge in [0, 0.05) is 102 Å². The summed E-state index contributed by atoms with van der Waals surface area (Å²) in [4.78, 5) is 85.6. The Morgan fingerprint density at radius 1 is 0.587 bits per heavy atom. The molecule has 0 aliphatic carbocycles. The fraction of sp³-hybridized carbons (Fsp3) is 0.600. The van der Waals surface area contributed by atoms with E-state index in [0.29, 0.717) is 136 Å². The molecule has 92 heavy (non-hydrogen) atoms. The Morgan fingerprint density at radius 3 is 1.41 bits per heavy atom. The maximum atomic E-state index is 14.1. The van der Waals surface area contributed by atoms with E-state index in [4.69, 9.17) is 59.0 Å². The second-order valence-electron chi connectivity index (χ2n) is 20.4. The van der Waals surface area contributed by atoms with E-state index in [2.05, 4.69) is 15.6 Å². The van der Waals surface area contributed by atoms with Gasteiger partial charge in [-0.1, -0.05) is 23.7 Å². The molecule has 1 fully saturated rings. The van der Waals surface area contributed by atoms with E-state index in [1.54, 1.807) is 45.0 Å². The van der Waals surface area contributed by atoms with Crippen molar-refractivity contribution < 1.29 is 105 Å². The number of aromatic nitrogens is 1. The first-order chi connectivity index (χ1) is 44.3. The molecule has 3 amide bonds. The van der Waals surface area contributed by atoms with Crippen molar-refractivity contribution in [2.45, 2.75) is 19.0 Å². The lowest BCUT2D eigenvalue weighted by molar-refractivity contribution is -0.141. The number of methoxy groups -OCH3 is 1. The third-order valence-electron chi connectivity index (χ3n) is 13.6. The zero-order chi connectivity index (χ0) is 66.9. The number of carboxylic acid groups (broad SMARTS) is 3. The highest BCUT2D eigenvalue weighted by Gasteiger charge is 2.34. The number of aliphatic carboxylic acids is 3. The fourth-order valence-corrected chi connectivity index (χ4v) is 9.13. The third kappa shape index (κ3) is 31.6. The lowest BCUT2D eigenvalue weighted by atomic mass is 9.98. The number of hydrogen-bond donors (Lipinski definition) is 5. The predicted molar refractivity (Wildman–Crippen MR) is 326 cm³/mol. The lowest BCUT2D eigenvalue weighted by Gasteiger charge is -2.32. The van der Waals surface area contributed by atoms with Crippen molar-refractivity contribution in [1.82, 2.24) is 35.2 Å². The van der Waals surface area contributed by atoms with Gasteiger partial charge in [0.1, 0.15) is 17.2 Å². The second-order valence-corrected chi connectivity index (χ2v) is 20.8. The van der Waals surface area contributed by atoms with Gasteiger partial charge in [0.15, 0.2) is 0 Å². The summed E-state index contributed by atoms with van der Waals surface area (Å²) in [6.07, 6.45) is -3.61. The zero-order valence-corrected chi connectivity index (χ0v) is 52.7. The quantitative estimate of drug-likeness (QED) is 0.0508. The Hall–Kier alpha value is -6.90. The molecule has 512 valence electrons. The van der Waals surface area contributed by atoms with Gasteiger partial charge in [-0.2, -0.15) is 18.4 Å². The van der Waals surface area contributed by atoms with E-state index in [9.17, 15) is 62.5 Å². The van der Waals surface area contributed by atoms with E-state index in [-0.39, 0.29) is 143 Å². The average Bonchev–Trinajstić information content (AvgIpc) is 0.798. The smallest absolute Gasteiger partial charge is 0.433 e. The van der Waals surface area contributed by atoms with Crippen LogP contribution in [0.15, 0.2) is 48.7 Å². The van der Waals surface area contributed by atoms with Crippen LogP contribution in [0.2, 0.25) is 5.02 Å². The number of nitrogens with one attached hydrogen (secondary N) is 2. The van der Waals surface area contributed by atoms with Crippen LogP contribution >= 0.6 is 11.6 Å². The molecular weight excluding hydrogens is 1240 g/mol. The molecule has 0 atom stereocenters. The molecule has 1 saturated heterocycles. The number of para-hydroxylation sites is 2. The van der Waals surface area contributed by atoms with Gasteiger partial charge in [-0.25, -0.2) is 0 Å². The monoisotopic (exact) mass is 1330 g/mol. The molecule has 0 radical (unpaired) electrons. The van der Waals surface area contributed by atoms with Gasteiger partial charge in [-0.15, -0.1) is 0 Å². The van der Waals surface area contributed by atoms with Crippen molar-refractivity contribution in [3.63, 3.8) is 0 Å². The molecule has 0 bridgehead atoms. The van der Waals surface area contributed by atoms with Crippen LogP contribution in [0.5, 0.6) is 11.5 Å². The number of nitrogens with zero attached hydrogens (tertiary/aromatic N) is 7. The molecule has 28 nitrogen and oxygen atoms in total. The Labute approximate surface area is 537 Å². The SMILES string of the molecule is COc1ccccc1N(C)C(=O)c1cc(-c2cnc(C(F)(F)F)cc2C#N)c(Cl)cc1OCCCC(=O)NCCOCCOCCOCCOCCOCCOCCOCCOCCNC(=O)CN1CCN(CC(=O)O)CCN(CC(=O)O)CCN(CC(=O)O)CC1. The average molecular weight is 1330 g/mol. The van der Waals surface area contributed by atoms with Crippen LogP contribution in [0.3, 0.4) is 0 Å². The maximum absolute atomic E-state index is 14.1. The minimum Gasteiger partial charge on any atom is -0.495 e. The summed E-state index contributed by atoms with van der Waals surface area (Å²) in [6.45, 7) is 7.58. The number of anilines is 1. The Bertz CT molecular complexity index is 2740. The van der Waals surface area contributed by atoms with Gasteiger partial charge < -0.3 is 78.2 Å². The molecule has 0 spiro atoms. The zero-order valence-electron chi connectivity index (χ0n) is 52.0. The highest BCUT2D eigenvalue weighted by Crippen LogP contribution is 2.39. The first kappa shape index (κ1) is 77.5. The largest absolute Gasteiger partial charge is 0.495 e. The Balaban J connectivity index is 0.948. The molecule has 2 aromatic carbocycles. The fourth-order valence-electron chi connectivity index (χ4n) is 8.88.